The second kappa shape index (κ2) is 9.63. The van der Waals surface area contributed by atoms with Gasteiger partial charge in [-0.2, -0.15) is 5.10 Å². The summed E-state index contributed by atoms with van der Waals surface area (Å²) in [4.78, 5) is 15.5. The first-order valence-electron chi connectivity index (χ1n) is 13.1. The van der Waals surface area contributed by atoms with Gasteiger partial charge in [-0.1, -0.05) is 12.1 Å². The lowest BCUT2D eigenvalue weighted by Gasteiger charge is -2.14. The lowest BCUT2D eigenvalue weighted by Crippen LogP contribution is -2.18. The van der Waals surface area contributed by atoms with Gasteiger partial charge < -0.3 is 9.72 Å². The van der Waals surface area contributed by atoms with Crippen LogP contribution in [0.5, 0.6) is 5.75 Å². The molecule has 0 radical (unpaired) electrons. The quantitative estimate of drug-likeness (QED) is 0.260. The van der Waals surface area contributed by atoms with Gasteiger partial charge in [-0.15, -0.1) is 0 Å². The average molecular weight is 519 g/mol. The van der Waals surface area contributed by atoms with E-state index in [1.165, 1.54) is 37.6 Å². The number of benzene rings is 2. The van der Waals surface area contributed by atoms with Gasteiger partial charge in [0, 0.05) is 41.5 Å². The first kappa shape index (κ1) is 23.5. The Kier molecular flexibility index (Phi) is 5.82. The van der Waals surface area contributed by atoms with Crippen molar-refractivity contribution in [3.8, 4) is 39.5 Å². The number of H-pyrrole nitrogens is 2. The Labute approximate surface area is 224 Å². The number of likely N-dealkylation sites (tertiary alicyclic amines) is 1. The summed E-state index contributed by atoms with van der Waals surface area (Å²) >= 11 is 0. The number of hydrogen-bond donors (Lipinski definition) is 2. The Morgan fingerprint density at radius 2 is 1.85 bits per heavy atom. The van der Waals surface area contributed by atoms with Crippen LogP contribution >= 0.6 is 0 Å². The molecule has 194 valence electrons. The Morgan fingerprint density at radius 3 is 2.72 bits per heavy atom. The van der Waals surface area contributed by atoms with Crippen LogP contribution in [0.25, 0.3) is 55.7 Å². The minimum atomic E-state index is -0.342. The predicted molar refractivity (Wildman–Crippen MR) is 151 cm³/mol. The summed E-state index contributed by atoms with van der Waals surface area (Å²) in [5.74, 6) is 0.137. The molecule has 0 spiro atoms. The molecule has 2 aromatic carbocycles. The van der Waals surface area contributed by atoms with Gasteiger partial charge in [0.2, 0.25) is 0 Å². The molecule has 0 aliphatic carbocycles. The predicted octanol–water partition coefficient (Wildman–Crippen LogP) is 6.58. The molecule has 7 nitrogen and oxygen atoms in total. The molecule has 0 amide bonds. The third-order valence-corrected chi connectivity index (χ3v) is 7.44. The van der Waals surface area contributed by atoms with Crippen LogP contribution in [0.15, 0.2) is 73.1 Å². The highest BCUT2D eigenvalue weighted by molar-refractivity contribution is 6.00. The molecule has 1 aliphatic heterocycles. The van der Waals surface area contributed by atoms with Gasteiger partial charge in [-0.25, -0.2) is 9.37 Å². The Morgan fingerprint density at radius 1 is 0.949 bits per heavy atom. The van der Waals surface area contributed by atoms with Crippen LogP contribution in [0.3, 0.4) is 0 Å². The third-order valence-electron chi connectivity index (χ3n) is 7.44. The van der Waals surface area contributed by atoms with Crippen LogP contribution in [0.4, 0.5) is 4.39 Å². The lowest BCUT2D eigenvalue weighted by atomic mass is 10.0. The van der Waals surface area contributed by atoms with Crippen molar-refractivity contribution < 1.29 is 9.13 Å². The fourth-order valence-corrected chi connectivity index (χ4v) is 5.53. The van der Waals surface area contributed by atoms with E-state index in [0.717, 1.165) is 75.3 Å². The van der Waals surface area contributed by atoms with E-state index in [2.05, 4.69) is 31.1 Å². The molecule has 0 unspecified atom stereocenters. The number of halogens is 1. The molecule has 4 aromatic heterocycles. The summed E-state index contributed by atoms with van der Waals surface area (Å²) in [5.41, 5.74) is 8.80. The lowest BCUT2D eigenvalue weighted by molar-refractivity contribution is 0.331. The van der Waals surface area contributed by atoms with Crippen LogP contribution in [-0.2, 0) is 6.54 Å². The maximum atomic E-state index is 14.3. The van der Waals surface area contributed by atoms with Gasteiger partial charge in [0.25, 0.3) is 0 Å². The first-order chi connectivity index (χ1) is 19.1. The van der Waals surface area contributed by atoms with Crippen molar-refractivity contribution in [2.45, 2.75) is 19.4 Å². The minimum Gasteiger partial charge on any atom is -0.497 e. The maximum Gasteiger partial charge on any atom is 0.135 e. The van der Waals surface area contributed by atoms with Crippen LogP contribution in [0.1, 0.15) is 18.4 Å². The molecule has 1 fully saturated rings. The molecule has 39 heavy (non-hydrogen) atoms. The molecule has 8 heteroatoms. The van der Waals surface area contributed by atoms with E-state index >= 15 is 0 Å². The van der Waals surface area contributed by atoms with E-state index in [0.29, 0.717) is 5.75 Å². The molecule has 0 saturated carbocycles. The van der Waals surface area contributed by atoms with E-state index in [1.54, 1.807) is 0 Å². The number of aromatic nitrogens is 5. The van der Waals surface area contributed by atoms with Crippen molar-refractivity contribution in [2.24, 2.45) is 0 Å². The van der Waals surface area contributed by atoms with Gasteiger partial charge in [0.05, 0.1) is 24.0 Å². The Bertz CT molecular complexity index is 1820. The summed E-state index contributed by atoms with van der Waals surface area (Å²) < 4.78 is 19.6. The third kappa shape index (κ3) is 4.42. The van der Waals surface area contributed by atoms with Gasteiger partial charge in [0.1, 0.15) is 22.8 Å². The van der Waals surface area contributed by atoms with Crippen LogP contribution in [-0.4, -0.2) is 50.2 Å². The molecule has 1 saturated heterocycles. The fourth-order valence-electron chi connectivity index (χ4n) is 5.53. The van der Waals surface area contributed by atoms with E-state index in [-0.39, 0.29) is 5.82 Å². The number of ether oxygens (including phenoxy) is 1. The summed E-state index contributed by atoms with van der Waals surface area (Å²) in [6.07, 6.45) is 6.34. The van der Waals surface area contributed by atoms with Crippen molar-refractivity contribution in [1.29, 1.82) is 0 Å². The van der Waals surface area contributed by atoms with Crippen molar-refractivity contribution in [2.75, 3.05) is 20.2 Å². The van der Waals surface area contributed by atoms with Crippen molar-refractivity contribution in [1.82, 2.24) is 30.0 Å². The molecule has 6 aromatic rings. The maximum absolute atomic E-state index is 14.3. The zero-order chi connectivity index (χ0) is 26.3. The molecular formula is C31H27FN6O. The van der Waals surface area contributed by atoms with Gasteiger partial charge in [-0.3, -0.25) is 15.0 Å². The molecule has 0 bridgehead atoms. The van der Waals surface area contributed by atoms with Gasteiger partial charge in [-0.05, 0) is 85.1 Å². The summed E-state index contributed by atoms with van der Waals surface area (Å²) in [6, 6.07) is 18.9. The van der Waals surface area contributed by atoms with Gasteiger partial charge in [0.15, 0.2) is 0 Å². The number of nitrogens with zero attached hydrogens (tertiary/aromatic N) is 4. The first-order valence-corrected chi connectivity index (χ1v) is 13.1. The minimum absolute atomic E-state index is 0.342. The number of nitrogens with one attached hydrogen (secondary N) is 2. The normalized spacial score (nSPS) is 14.0. The average Bonchev–Trinajstić information content (AvgIpc) is 3.72. The molecular weight excluding hydrogens is 491 g/mol. The number of methoxy groups -OCH3 is 1. The molecule has 1 aliphatic rings. The molecule has 5 heterocycles. The topological polar surface area (TPSA) is 82.7 Å². The largest absolute Gasteiger partial charge is 0.497 e. The zero-order valence-corrected chi connectivity index (χ0v) is 21.5. The molecule has 7 rings (SSSR count). The summed E-state index contributed by atoms with van der Waals surface area (Å²) in [5, 5.41) is 8.69. The van der Waals surface area contributed by atoms with Crippen molar-refractivity contribution in [3.63, 3.8) is 0 Å². The summed E-state index contributed by atoms with van der Waals surface area (Å²) in [6.45, 7) is 3.20. The highest BCUT2D eigenvalue weighted by Gasteiger charge is 2.17. The number of pyridine rings is 2. The van der Waals surface area contributed by atoms with E-state index < -0.39 is 0 Å². The monoisotopic (exact) mass is 518 g/mol. The standard InChI is InChI=1S/C31H27FN6O/c1-39-23-13-20(12-22(32)14-23)24-5-4-6-27-25(24)15-29(34-27)31-30-28(36-37-31)8-7-26(35-30)21-11-19(16-33-17-21)18-38-9-2-3-10-38/h4-8,11-17,34H,2-3,9-10,18H2,1H3,(H,36,37). The number of rotatable bonds is 6. The van der Waals surface area contributed by atoms with E-state index in [9.17, 15) is 4.39 Å². The zero-order valence-electron chi connectivity index (χ0n) is 21.5. The van der Waals surface area contributed by atoms with Crippen LogP contribution < -0.4 is 4.74 Å². The number of hydrogen-bond acceptors (Lipinski definition) is 5. The smallest absolute Gasteiger partial charge is 0.135 e. The Hall–Kier alpha value is -4.56. The van der Waals surface area contributed by atoms with Crippen molar-refractivity contribution >= 4 is 21.9 Å². The highest BCUT2D eigenvalue weighted by Crippen LogP contribution is 2.35. The number of fused-ring (bicyclic) bond motifs is 2. The molecule has 0 atom stereocenters. The second-order valence-corrected chi connectivity index (χ2v) is 10.1. The van der Waals surface area contributed by atoms with Crippen LogP contribution in [0, 0.1) is 5.82 Å². The van der Waals surface area contributed by atoms with Crippen molar-refractivity contribution in [3.05, 3.63) is 84.4 Å². The fraction of sp³-hybridized carbons (Fsp3) is 0.194. The second-order valence-electron chi connectivity index (χ2n) is 10.1. The Balaban J connectivity index is 1.28. The highest BCUT2D eigenvalue weighted by atomic mass is 19.1. The van der Waals surface area contributed by atoms with Gasteiger partial charge >= 0.3 is 0 Å². The summed E-state index contributed by atoms with van der Waals surface area (Å²) in [7, 11) is 1.54. The van der Waals surface area contributed by atoms with E-state index in [4.69, 9.17) is 9.72 Å². The SMILES string of the molecule is COc1cc(F)cc(-c2cccc3[nH]c(-c4n[nH]c5ccc(-c6cncc(CN7CCCC7)c6)nc45)cc23)c1. The van der Waals surface area contributed by atoms with E-state index in [1.807, 2.05) is 54.9 Å². The molecule has 2 N–H and O–H groups in total. The van der Waals surface area contributed by atoms with Crippen LogP contribution in [0.2, 0.25) is 0 Å². The number of aromatic amines is 2.